The molecule has 1 aliphatic heterocycles. The fraction of sp³-hybridized carbons (Fsp3) is 0.429. The van der Waals surface area contributed by atoms with Gasteiger partial charge >= 0.3 is 0 Å². The minimum atomic E-state index is -0.167. The number of primary amides is 1. The predicted octanol–water partition coefficient (Wildman–Crippen LogP) is 2.31. The second-order valence-corrected chi connectivity index (χ2v) is 6.14. The van der Waals surface area contributed by atoms with E-state index in [1.165, 1.54) is 10.3 Å². The fourth-order valence-corrected chi connectivity index (χ4v) is 3.63. The molecule has 0 spiro atoms. The average Bonchev–Trinajstić information content (AvgIpc) is 2.81. The Morgan fingerprint density at radius 3 is 2.84 bits per heavy atom. The maximum Gasteiger partial charge on any atom is 0.220 e. The highest BCUT2D eigenvalue weighted by Gasteiger charge is 2.24. The first kappa shape index (κ1) is 12.4. The van der Waals surface area contributed by atoms with Crippen LogP contribution in [0.25, 0.3) is 10.2 Å². The molecule has 4 nitrogen and oxygen atoms in total. The maximum atomic E-state index is 11.2. The first-order valence-electron chi connectivity index (χ1n) is 6.55. The molecule has 5 heteroatoms. The van der Waals surface area contributed by atoms with E-state index in [1.54, 1.807) is 11.3 Å². The molecular weight excluding hydrogens is 258 g/mol. The van der Waals surface area contributed by atoms with Crippen molar-refractivity contribution in [3.05, 3.63) is 23.8 Å². The van der Waals surface area contributed by atoms with E-state index in [4.69, 9.17) is 5.73 Å². The molecule has 2 heterocycles. The van der Waals surface area contributed by atoms with Crippen molar-refractivity contribution in [1.82, 2.24) is 4.98 Å². The van der Waals surface area contributed by atoms with Gasteiger partial charge in [0.25, 0.3) is 0 Å². The summed E-state index contributed by atoms with van der Waals surface area (Å²) in [5.41, 5.74) is 7.68. The Kier molecular flexibility index (Phi) is 3.14. The molecule has 1 saturated heterocycles. The Bertz CT molecular complexity index is 614. The molecule has 1 aliphatic rings. The van der Waals surface area contributed by atoms with E-state index in [1.807, 2.05) is 0 Å². The zero-order valence-electron chi connectivity index (χ0n) is 10.9. The molecule has 1 amide bonds. The topological polar surface area (TPSA) is 59.2 Å². The molecule has 0 unspecified atom stereocenters. The number of carbonyl (C=O) groups is 1. The van der Waals surface area contributed by atoms with E-state index >= 15 is 0 Å². The van der Waals surface area contributed by atoms with Crippen molar-refractivity contribution < 1.29 is 4.79 Å². The molecule has 2 aromatic rings. The van der Waals surface area contributed by atoms with E-state index in [-0.39, 0.29) is 11.8 Å². The van der Waals surface area contributed by atoms with Crippen LogP contribution in [0, 0.1) is 12.8 Å². The summed E-state index contributed by atoms with van der Waals surface area (Å²) in [6, 6.07) is 6.33. The first-order chi connectivity index (χ1) is 9.13. The SMILES string of the molecule is Cc1ccc2nc(N3CCC(C(N)=O)CC3)sc2c1. The van der Waals surface area contributed by atoms with E-state index in [9.17, 15) is 4.79 Å². The number of fused-ring (bicyclic) bond motifs is 1. The van der Waals surface area contributed by atoms with Crippen molar-refractivity contribution in [3.63, 3.8) is 0 Å². The summed E-state index contributed by atoms with van der Waals surface area (Å²) >= 11 is 1.73. The van der Waals surface area contributed by atoms with Gasteiger partial charge in [0, 0.05) is 19.0 Å². The third kappa shape index (κ3) is 2.42. The summed E-state index contributed by atoms with van der Waals surface area (Å²) in [5, 5.41) is 1.06. The lowest BCUT2D eigenvalue weighted by Gasteiger charge is -2.30. The van der Waals surface area contributed by atoms with Crippen LogP contribution in [0.1, 0.15) is 18.4 Å². The summed E-state index contributed by atoms with van der Waals surface area (Å²) in [6.07, 6.45) is 1.68. The van der Waals surface area contributed by atoms with Gasteiger partial charge < -0.3 is 10.6 Å². The fourth-order valence-electron chi connectivity index (χ4n) is 2.51. The number of piperidine rings is 1. The Morgan fingerprint density at radius 2 is 2.16 bits per heavy atom. The van der Waals surface area contributed by atoms with Gasteiger partial charge in [0.1, 0.15) is 0 Å². The number of aryl methyl sites for hydroxylation is 1. The highest BCUT2D eigenvalue weighted by Crippen LogP contribution is 2.31. The predicted molar refractivity (Wildman–Crippen MR) is 78.5 cm³/mol. The highest BCUT2D eigenvalue weighted by molar-refractivity contribution is 7.22. The summed E-state index contributed by atoms with van der Waals surface area (Å²) in [6.45, 7) is 3.83. The smallest absolute Gasteiger partial charge is 0.220 e. The highest BCUT2D eigenvalue weighted by atomic mass is 32.1. The monoisotopic (exact) mass is 275 g/mol. The zero-order chi connectivity index (χ0) is 13.4. The van der Waals surface area contributed by atoms with Crippen LogP contribution in [0.4, 0.5) is 5.13 Å². The van der Waals surface area contributed by atoms with Crippen molar-refractivity contribution >= 4 is 32.6 Å². The van der Waals surface area contributed by atoms with Gasteiger partial charge in [0.2, 0.25) is 5.91 Å². The van der Waals surface area contributed by atoms with E-state index < -0.39 is 0 Å². The van der Waals surface area contributed by atoms with Gasteiger partial charge in [0.15, 0.2) is 5.13 Å². The molecule has 19 heavy (non-hydrogen) atoms. The average molecular weight is 275 g/mol. The van der Waals surface area contributed by atoms with Crippen LogP contribution in [0.15, 0.2) is 18.2 Å². The van der Waals surface area contributed by atoms with Gasteiger partial charge in [-0.1, -0.05) is 17.4 Å². The molecule has 3 rings (SSSR count). The van der Waals surface area contributed by atoms with E-state index in [2.05, 4.69) is 35.0 Å². The zero-order valence-corrected chi connectivity index (χ0v) is 11.7. The summed E-state index contributed by atoms with van der Waals surface area (Å²) in [4.78, 5) is 18.1. The van der Waals surface area contributed by atoms with Crippen molar-refractivity contribution in [2.75, 3.05) is 18.0 Å². The van der Waals surface area contributed by atoms with Crippen LogP contribution in [-0.2, 0) is 4.79 Å². The summed E-state index contributed by atoms with van der Waals surface area (Å²) in [5.74, 6) is -0.132. The van der Waals surface area contributed by atoms with Crippen LogP contribution in [0.5, 0.6) is 0 Å². The third-order valence-electron chi connectivity index (χ3n) is 3.70. The minimum absolute atomic E-state index is 0.0351. The van der Waals surface area contributed by atoms with Crippen LogP contribution < -0.4 is 10.6 Å². The van der Waals surface area contributed by atoms with Gasteiger partial charge in [-0.15, -0.1) is 0 Å². The largest absolute Gasteiger partial charge is 0.369 e. The second kappa shape index (κ2) is 4.81. The molecule has 0 saturated carbocycles. The second-order valence-electron chi connectivity index (χ2n) is 5.13. The molecule has 2 N–H and O–H groups in total. The molecular formula is C14H17N3OS. The molecule has 0 bridgehead atoms. The Morgan fingerprint density at radius 1 is 1.42 bits per heavy atom. The Hall–Kier alpha value is -1.62. The number of thiazole rings is 1. The lowest BCUT2D eigenvalue weighted by Crippen LogP contribution is -2.38. The molecule has 1 aromatic heterocycles. The van der Waals surface area contributed by atoms with E-state index in [0.717, 1.165) is 36.6 Å². The van der Waals surface area contributed by atoms with E-state index in [0.29, 0.717) is 0 Å². The molecule has 1 fully saturated rings. The number of amides is 1. The van der Waals surface area contributed by atoms with Crippen LogP contribution in [0.3, 0.4) is 0 Å². The summed E-state index contributed by atoms with van der Waals surface area (Å²) in [7, 11) is 0. The molecule has 100 valence electrons. The lowest BCUT2D eigenvalue weighted by molar-refractivity contribution is -0.122. The number of hydrogen-bond donors (Lipinski definition) is 1. The number of rotatable bonds is 2. The number of carbonyl (C=O) groups excluding carboxylic acids is 1. The van der Waals surface area contributed by atoms with Gasteiger partial charge in [-0.05, 0) is 37.5 Å². The number of aromatic nitrogens is 1. The molecule has 1 aromatic carbocycles. The number of anilines is 1. The minimum Gasteiger partial charge on any atom is -0.369 e. The Balaban J connectivity index is 1.80. The van der Waals surface area contributed by atoms with Gasteiger partial charge in [-0.3, -0.25) is 4.79 Å². The number of nitrogens with zero attached hydrogens (tertiary/aromatic N) is 2. The third-order valence-corrected chi connectivity index (χ3v) is 4.78. The van der Waals surface area contributed by atoms with Crippen molar-refractivity contribution in [2.45, 2.75) is 19.8 Å². The molecule has 0 atom stereocenters. The van der Waals surface area contributed by atoms with Crippen LogP contribution in [-0.4, -0.2) is 24.0 Å². The van der Waals surface area contributed by atoms with Crippen molar-refractivity contribution in [3.8, 4) is 0 Å². The number of hydrogen-bond acceptors (Lipinski definition) is 4. The lowest BCUT2D eigenvalue weighted by atomic mass is 9.97. The Labute approximate surface area is 116 Å². The molecule has 0 radical (unpaired) electrons. The number of benzene rings is 1. The van der Waals surface area contributed by atoms with Crippen LogP contribution >= 0.6 is 11.3 Å². The summed E-state index contributed by atoms with van der Waals surface area (Å²) < 4.78 is 1.23. The first-order valence-corrected chi connectivity index (χ1v) is 7.36. The normalized spacial score (nSPS) is 17.0. The van der Waals surface area contributed by atoms with Gasteiger partial charge in [0.05, 0.1) is 10.2 Å². The maximum absolute atomic E-state index is 11.2. The quantitative estimate of drug-likeness (QED) is 0.915. The standard InChI is InChI=1S/C14H17N3OS/c1-9-2-3-11-12(8-9)19-14(16-11)17-6-4-10(5-7-17)13(15)18/h2-3,8,10H,4-7H2,1H3,(H2,15,18). The van der Waals surface area contributed by atoms with Crippen molar-refractivity contribution in [1.29, 1.82) is 0 Å². The number of nitrogens with two attached hydrogens (primary N) is 1. The van der Waals surface area contributed by atoms with Gasteiger partial charge in [-0.25, -0.2) is 4.98 Å². The van der Waals surface area contributed by atoms with Crippen LogP contribution in [0.2, 0.25) is 0 Å². The van der Waals surface area contributed by atoms with Crippen molar-refractivity contribution in [2.24, 2.45) is 11.7 Å². The molecule has 0 aliphatic carbocycles. The van der Waals surface area contributed by atoms with Gasteiger partial charge in [-0.2, -0.15) is 0 Å².